The molecule has 0 atom stereocenters. The highest BCUT2D eigenvalue weighted by atomic mass is 35.5. The standard InChI is InChI=1S/C20H24ClN3O/c1-3-5-9-13-14(10-6-4-2)19-20(23-24-22-19)17(18(13)21)15-11-7-8-12-16(15)25/h7-8,11-12,25H,3-6,9-10H2,1-2H3,(H,22,23,24). The number of phenolic OH excluding ortho intramolecular Hbond substituents is 1. The van der Waals surface area contributed by atoms with E-state index in [1.54, 1.807) is 12.1 Å². The monoisotopic (exact) mass is 357 g/mol. The maximum absolute atomic E-state index is 10.3. The van der Waals surface area contributed by atoms with Crippen molar-refractivity contribution >= 4 is 22.6 Å². The number of aryl methyl sites for hydroxylation is 1. The number of hydrogen-bond donors (Lipinski definition) is 2. The van der Waals surface area contributed by atoms with E-state index in [9.17, 15) is 5.11 Å². The number of H-pyrrole nitrogens is 1. The third-order valence-corrected chi connectivity index (χ3v) is 5.09. The van der Waals surface area contributed by atoms with E-state index in [4.69, 9.17) is 11.6 Å². The van der Waals surface area contributed by atoms with Crippen LogP contribution in [0.2, 0.25) is 5.02 Å². The molecule has 0 radical (unpaired) electrons. The summed E-state index contributed by atoms with van der Waals surface area (Å²) in [6, 6.07) is 7.25. The van der Waals surface area contributed by atoms with E-state index in [1.807, 2.05) is 12.1 Å². The summed E-state index contributed by atoms with van der Waals surface area (Å²) in [6.07, 6.45) is 6.27. The van der Waals surface area contributed by atoms with Gasteiger partial charge in [-0.1, -0.05) is 61.7 Å². The minimum atomic E-state index is 0.205. The second-order valence-electron chi connectivity index (χ2n) is 6.41. The van der Waals surface area contributed by atoms with Gasteiger partial charge >= 0.3 is 0 Å². The number of aromatic amines is 1. The number of benzene rings is 2. The summed E-state index contributed by atoms with van der Waals surface area (Å²) in [4.78, 5) is 0. The maximum atomic E-state index is 10.3. The van der Waals surface area contributed by atoms with E-state index in [-0.39, 0.29) is 5.75 Å². The Labute approximate surface area is 153 Å². The number of nitrogens with zero attached hydrogens (tertiary/aromatic N) is 2. The second-order valence-corrected chi connectivity index (χ2v) is 6.78. The fourth-order valence-corrected chi connectivity index (χ4v) is 3.73. The van der Waals surface area contributed by atoms with Gasteiger partial charge in [0.25, 0.3) is 0 Å². The normalized spacial score (nSPS) is 11.3. The van der Waals surface area contributed by atoms with Gasteiger partial charge in [0.2, 0.25) is 0 Å². The van der Waals surface area contributed by atoms with Crippen molar-refractivity contribution in [3.05, 3.63) is 40.4 Å². The van der Waals surface area contributed by atoms with Crippen molar-refractivity contribution in [1.82, 2.24) is 15.4 Å². The third-order valence-electron chi connectivity index (χ3n) is 4.67. The van der Waals surface area contributed by atoms with Crippen LogP contribution < -0.4 is 0 Å². The van der Waals surface area contributed by atoms with Gasteiger partial charge in [-0.25, -0.2) is 0 Å². The number of halogens is 1. The first-order valence-corrected chi connectivity index (χ1v) is 9.39. The molecular weight excluding hydrogens is 334 g/mol. The van der Waals surface area contributed by atoms with E-state index >= 15 is 0 Å². The Bertz CT molecular complexity index is 873. The molecule has 5 heteroatoms. The van der Waals surface area contributed by atoms with Crippen LogP contribution in [0.3, 0.4) is 0 Å². The lowest BCUT2D eigenvalue weighted by Gasteiger charge is -2.17. The van der Waals surface area contributed by atoms with E-state index in [1.165, 1.54) is 5.56 Å². The van der Waals surface area contributed by atoms with Gasteiger partial charge in [-0.2, -0.15) is 0 Å². The highest BCUT2D eigenvalue weighted by Crippen LogP contribution is 2.42. The zero-order valence-electron chi connectivity index (χ0n) is 14.8. The van der Waals surface area contributed by atoms with Crippen molar-refractivity contribution in [3.8, 4) is 16.9 Å². The predicted octanol–water partition coefficient (Wildman–Crippen LogP) is 5.67. The van der Waals surface area contributed by atoms with Crippen LogP contribution in [-0.2, 0) is 12.8 Å². The smallest absolute Gasteiger partial charge is 0.123 e. The molecule has 0 spiro atoms. The zero-order valence-corrected chi connectivity index (χ0v) is 15.5. The molecule has 2 N–H and O–H groups in total. The summed E-state index contributed by atoms with van der Waals surface area (Å²) >= 11 is 6.88. The molecule has 25 heavy (non-hydrogen) atoms. The molecule has 0 saturated carbocycles. The van der Waals surface area contributed by atoms with Crippen LogP contribution in [0.1, 0.15) is 50.7 Å². The molecule has 2 aromatic carbocycles. The number of unbranched alkanes of at least 4 members (excludes halogenated alkanes) is 2. The van der Waals surface area contributed by atoms with Crippen LogP contribution in [0.5, 0.6) is 5.75 Å². The van der Waals surface area contributed by atoms with Crippen molar-refractivity contribution in [2.45, 2.75) is 52.4 Å². The summed E-state index contributed by atoms with van der Waals surface area (Å²) < 4.78 is 0. The molecule has 1 heterocycles. The van der Waals surface area contributed by atoms with Crippen LogP contribution in [0.25, 0.3) is 22.2 Å². The first kappa shape index (κ1) is 17.7. The van der Waals surface area contributed by atoms with Crippen molar-refractivity contribution in [2.75, 3.05) is 0 Å². The molecule has 0 fully saturated rings. The number of aromatic hydroxyl groups is 1. The van der Waals surface area contributed by atoms with Gasteiger partial charge in [-0.15, -0.1) is 5.10 Å². The number of para-hydroxylation sites is 1. The Morgan fingerprint density at radius 1 is 1.04 bits per heavy atom. The Morgan fingerprint density at radius 2 is 1.72 bits per heavy atom. The van der Waals surface area contributed by atoms with Crippen LogP contribution in [0.15, 0.2) is 24.3 Å². The number of hydrogen-bond acceptors (Lipinski definition) is 3. The molecule has 0 bridgehead atoms. The van der Waals surface area contributed by atoms with E-state index in [2.05, 4.69) is 29.3 Å². The van der Waals surface area contributed by atoms with Gasteiger partial charge < -0.3 is 5.11 Å². The lowest BCUT2D eigenvalue weighted by molar-refractivity contribution is 0.477. The lowest BCUT2D eigenvalue weighted by Crippen LogP contribution is -2.01. The van der Waals surface area contributed by atoms with E-state index in [0.29, 0.717) is 10.6 Å². The van der Waals surface area contributed by atoms with Crippen molar-refractivity contribution in [2.24, 2.45) is 0 Å². The summed E-state index contributed by atoms with van der Waals surface area (Å²) in [5, 5.41) is 22.4. The Morgan fingerprint density at radius 3 is 2.40 bits per heavy atom. The molecule has 3 aromatic rings. The van der Waals surface area contributed by atoms with Gasteiger partial charge in [-0.05, 0) is 42.9 Å². The van der Waals surface area contributed by atoms with Gasteiger partial charge in [-0.3, -0.25) is 5.10 Å². The number of aromatic nitrogens is 3. The Hall–Kier alpha value is -2.07. The third kappa shape index (κ3) is 3.36. The van der Waals surface area contributed by atoms with Gasteiger partial charge in [0, 0.05) is 11.1 Å². The number of phenols is 1. The van der Waals surface area contributed by atoms with Crippen LogP contribution in [0.4, 0.5) is 0 Å². The molecule has 0 aliphatic heterocycles. The summed E-state index contributed by atoms with van der Waals surface area (Å²) in [5.41, 5.74) is 5.54. The van der Waals surface area contributed by atoms with Crippen molar-refractivity contribution in [3.63, 3.8) is 0 Å². The molecule has 0 aliphatic carbocycles. The Balaban J connectivity index is 2.29. The van der Waals surface area contributed by atoms with Crippen LogP contribution >= 0.6 is 11.6 Å². The van der Waals surface area contributed by atoms with E-state index in [0.717, 1.165) is 60.7 Å². The molecular formula is C20H24ClN3O. The average molecular weight is 358 g/mol. The zero-order chi connectivity index (χ0) is 17.8. The molecule has 4 nitrogen and oxygen atoms in total. The summed E-state index contributed by atoms with van der Waals surface area (Å²) in [6.45, 7) is 4.37. The minimum Gasteiger partial charge on any atom is -0.507 e. The number of rotatable bonds is 7. The summed E-state index contributed by atoms with van der Waals surface area (Å²) in [5.74, 6) is 0.205. The second kappa shape index (κ2) is 7.87. The first-order chi connectivity index (χ1) is 12.2. The molecule has 1 aromatic heterocycles. The average Bonchev–Trinajstić information content (AvgIpc) is 3.09. The Kier molecular flexibility index (Phi) is 5.59. The van der Waals surface area contributed by atoms with Crippen molar-refractivity contribution in [1.29, 1.82) is 0 Å². The number of fused-ring (bicyclic) bond motifs is 1. The fraction of sp³-hybridized carbons (Fsp3) is 0.400. The van der Waals surface area contributed by atoms with Crippen LogP contribution in [0, 0.1) is 0 Å². The quantitative estimate of drug-likeness (QED) is 0.572. The van der Waals surface area contributed by atoms with Crippen molar-refractivity contribution < 1.29 is 5.11 Å². The predicted molar refractivity (Wildman–Crippen MR) is 103 cm³/mol. The highest BCUT2D eigenvalue weighted by Gasteiger charge is 2.22. The molecule has 0 aliphatic rings. The largest absolute Gasteiger partial charge is 0.507 e. The molecule has 0 unspecified atom stereocenters. The number of nitrogens with one attached hydrogen (secondary N) is 1. The molecule has 0 saturated heterocycles. The highest BCUT2D eigenvalue weighted by molar-refractivity contribution is 6.36. The molecule has 3 rings (SSSR count). The topological polar surface area (TPSA) is 61.8 Å². The van der Waals surface area contributed by atoms with E-state index < -0.39 is 0 Å². The SMILES string of the molecule is CCCCc1c(Cl)c(-c2ccccc2O)c2nn[nH]c2c1CCCC. The maximum Gasteiger partial charge on any atom is 0.123 e. The summed E-state index contributed by atoms with van der Waals surface area (Å²) in [7, 11) is 0. The lowest BCUT2D eigenvalue weighted by atomic mass is 9.91. The first-order valence-electron chi connectivity index (χ1n) is 9.01. The van der Waals surface area contributed by atoms with Crippen LogP contribution in [-0.4, -0.2) is 20.5 Å². The molecule has 0 amide bonds. The molecule has 132 valence electrons. The fourth-order valence-electron chi connectivity index (χ4n) is 3.33. The van der Waals surface area contributed by atoms with Gasteiger partial charge in [0.05, 0.1) is 10.5 Å². The minimum absolute atomic E-state index is 0.205. The van der Waals surface area contributed by atoms with Gasteiger partial charge in [0.15, 0.2) is 0 Å². The van der Waals surface area contributed by atoms with Gasteiger partial charge in [0.1, 0.15) is 11.3 Å².